The number of aromatic nitrogens is 2. The maximum atomic E-state index is 11.4. The summed E-state index contributed by atoms with van der Waals surface area (Å²) in [6.07, 6.45) is 5.40. The number of aryl methyl sites for hydroxylation is 1. The van der Waals surface area contributed by atoms with Crippen molar-refractivity contribution < 1.29 is 9.53 Å². The van der Waals surface area contributed by atoms with E-state index in [4.69, 9.17) is 0 Å². The third-order valence-corrected chi connectivity index (χ3v) is 3.92. The molecule has 0 N–H and O–H groups in total. The summed E-state index contributed by atoms with van der Waals surface area (Å²) in [6.45, 7) is 2.70. The predicted octanol–water partition coefficient (Wildman–Crippen LogP) is 2.21. The van der Waals surface area contributed by atoms with Crippen LogP contribution < -0.4 is 0 Å². The summed E-state index contributed by atoms with van der Waals surface area (Å²) in [7, 11) is 1.34. The highest BCUT2D eigenvalue weighted by atomic mass is 16.5. The molecular formula is C17H19N3O2. The van der Waals surface area contributed by atoms with Gasteiger partial charge in [-0.15, -0.1) is 0 Å². The molecule has 5 heteroatoms. The van der Waals surface area contributed by atoms with E-state index < -0.39 is 5.97 Å². The van der Waals surface area contributed by atoms with Crippen LogP contribution in [0.4, 0.5) is 0 Å². The molecule has 0 amide bonds. The van der Waals surface area contributed by atoms with Crippen molar-refractivity contribution in [3.63, 3.8) is 0 Å². The van der Waals surface area contributed by atoms with Crippen LogP contribution in [-0.4, -0.2) is 34.5 Å². The Morgan fingerprint density at radius 1 is 1.23 bits per heavy atom. The minimum atomic E-state index is -0.456. The number of hydrogen-bond acceptors (Lipinski definition) is 5. The lowest BCUT2D eigenvalue weighted by Gasteiger charge is -2.19. The molecule has 114 valence electrons. The van der Waals surface area contributed by atoms with E-state index in [1.54, 1.807) is 6.20 Å². The van der Waals surface area contributed by atoms with Crippen LogP contribution in [-0.2, 0) is 24.2 Å². The van der Waals surface area contributed by atoms with Crippen LogP contribution in [0.15, 0.2) is 36.7 Å². The van der Waals surface area contributed by atoms with E-state index in [0.29, 0.717) is 0 Å². The Kier molecular flexibility index (Phi) is 4.44. The van der Waals surface area contributed by atoms with Gasteiger partial charge in [-0.2, -0.15) is 0 Å². The van der Waals surface area contributed by atoms with Crippen molar-refractivity contribution in [2.45, 2.75) is 25.9 Å². The monoisotopic (exact) mass is 297 g/mol. The highest BCUT2D eigenvalue weighted by Crippen LogP contribution is 2.19. The fraction of sp³-hybridized carbons (Fsp3) is 0.353. The summed E-state index contributed by atoms with van der Waals surface area (Å²) in [5, 5.41) is 0. The van der Waals surface area contributed by atoms with Gasteiger partial charge in [0.25, 0.3) is 0 Å². The number of carbonyl (C=O) groups excluding carboxylic acids is 1. The Morgan fingerprint density at radius 3 is 2.77 bits per heavy atom. The molecule has 3 rings (SSSR count). The van der Waals surface area contributed by atoms with Gasteiger partial charge in [0, 0.05) is 13.1 Å². The Labute approximate surface area is 130 Å². The lowest BCUT2D eigenvalue weighted by molar-refractivity contribution is 0.0593. The van der Waals surface area contributed by atoms with E-state index >= 15 is 0 Å². The lowest BCUT2D eigenvalue weighted by Crippen LogP contribution is -2.23. The van der Waals surface area contributed by atoms with Gasteiger partial charge in [0.15, 0.2) is 5.69 Å². The van der Waals surface area contributed by atoms with Crippen LogP contribution in [0.2, 0.25) is 0 Å². The third-order valence-electron chi connectivity index (χ3n) is 3.92. The number of esters is 1. The SMILES string of the molecule is COC(=O)c1cnc(CN2CCCc3ccccc3C2)cn1. The highest BCUT2D eigenvalue weighted by Gasteiger charge is 2.15. The zero-order valence-corrected chi connectivity index (χ0v) is 12.7. The Morgan fingerprint density at radius 2 is 2.05 bits per heavy atom. The zero-order chi connectivity index (χ0) is 15.4. The molecule has 0 fully saturated rings. The molecule has 2 aromatic rings. The number of fused-ring (bicyclic) bond motifs is 1. The van der Waals surface area contributed by atoms with Gasteiger partial charge in [-0.05, 0) is 30.5 Å². The summed E-state index contributed by atoms with van der Waals surface area (Å²) in [6, 6.07) is 8.60. The summed E-state index contributed by atoms with van der Waals surface area (Å²) < 4.78 is 4.63. The number of carbonyl (C=O) groups is 1. The smallest absolute Gasteiger partial charge is 0.358 e. The summed E-state index contributed by atoms with van der Waals surface area (Å²) in [5.74, 6) is -0.456. The number of ether oxygens (including phenoxy) is 1. The summed E-state index contributed by atoms with van der Waals surface area (Å²) in [4.78, 5) is 22.2. The van der Waals surface area contributed by atoms with E-state index in [1.807, 2.05) is 0 Å². The van der Waals surface area contributed by atoms with Crippen LogP contribution >= 0.6 is 0 Å². The van der Waals surface area contributed by atoms with Crippen molar-refractivity contribution >= 4 is 5.97 Å². The second-order valence-electron chi connectivity index (χ2n) is 5.47. The average Bonchev–Trinajstić information content (AvgIpc) is 2.76. The minimum Gasteiger partial charge on any atom is -0.464 e. The first kappa shape index (κ1) is 14.7. The van der Waals surface area contributed by atoms with E-state index in [9.17, 15) is 4.79 Å². The predicted molar refractivity (Wildman–Crippen MR) is 82.2 cm³/mol. The molecule has 1 aromatic heterocycles. The van der Waals surface area contributed by atoms with E-state index in [-0.39, 0.29) is 5.69 Å². The molecule has 0 atom stereocenters. The van der Waals surface area contributed by atoms with Crippen molar-refractivity contribution in [3.05, 3.63) is 59.2 Å². The molecule has 0 saturated carbocycles. The standard InChI is InChI=1S/C17H19N3O2/c1-22-17(21)16-10-18-15(9-19-16)12-20-8-4-7-13-5-2-3-6-14(13)11-20/h2-3,5-6,9-10H,4,7-8,11-12H2,1H3. The average molecular weight is 297 g/mol. The van der Waals surface area contributed by atoms with E-state index in [2.05, 4.69) is 43.9 Å². The number of hydrogen-bond donors (Lipinski definition) is 0. The second-order valence-corrected chi connectivity index (χ2v) is 5.47. The van der Waals surface area contributed by atoms with Gasteiger partial charge >= 0.3 is 5.97 Å². The van der Waals surface area contributed by atoms with Gasteiger partial charge in [-0.25, -0.2) is 9.78 Å². The molecule has 2 heterocycles. The number of nitrogens with zero attached hydrogens (tertiary/aromatic N) is 3. The van der Waals surface area contributed by atoms with Crippen molar-refractivity contribution in [2.24, 2.45) is 0 Å². The molecule has 0 aliphatic carbocycles. The Bertz CT molecular complexity index is 655. The quantitative estimate of drug-likeness (QED) is 0.813. The van der Waals surface area contributed by atoms with Crippen molar-refractivity contribution in [1.29, 1.82) is 0 Å². The molecule has 0 unspecified atom stereocenters. The van der Waals surface area contributed by atoms with Crippen molar-refractivity contribution in [1.82, 2.24) is 14.9 Å². The van der Waals surface area contributed by atoms with Crippen LogP contribution in [0.25, 0.3) is 0 Å². The van der Waals surface area contributed by atoms with Crippen LogP contribution in [0.5, 0.6) is 0 Å². The third kappa shape index (κ3) is 3.31. The van der Waals surface area contributed by atoms with Crippen molar-refractivity contribution in [2.75, 3.05) is 13.7 Å². The maximum Gasteiger partial charge on any atom is 0.358 e. The molecule has 0 radical (unpaired) electrons. The van der Waals surface area contributed by atoms with E-state index in [1.165, 1.54) is 24.4 Å². The van der Waals surface area contributed by atoms with Gasteiger partial charge in [-0.1, -0.05) is 24.3 Å². The molecule has 1 aliphatic rings. The van der Waals surface area contributed by atoms with Crippen LogP contribution in [0.3, 0.4) is 0 Å². The highest BCUT2D eigenvalue weighted by molar-refractivity contribution is 5.86. The topological polar surface area (TPSA) is 55.3 Å². The zero-order valence-electron chi connectivity index (χ0n) is 12.7. The first-order valence-corrected chi connectivity index (χ1v) is 7.44. The fourth-order valence-electron chi connectivity index (χ4n) is 2.78. The molecular weight excluding hydrogens is 278 g/mol. The second kappa shape index (κ2) is 6.66. The van der Waals surface area contributed by atoms with Crippen LogP contribution in [0, 0.1) is 0 Å². The molecule has 1 aliphatic heterocycles. The molecule has 0 bridgehead atoms. The van der Waals surface area contributed by atoms with Gasteiger partial charge in [0.2, 0.25) is 0 Å². The van der Waals surface area contributed by atoms with Gasteiger partial charge < -0.3 is 4.74 Å². The molecule has 0 spiro atoms. The normalized spacial score (nSPS) is 15.0. The van der Waals surface area contributed by atoms with Crippen molar-refractivity contribution in [3.8, 4) is 0 Å². The van der Waals surface area contributed by atoms with Gasteiger partial charge in [-0.3, -0.25) is 9.88 Å². The number of methoxy groups -OCH3 is 1. The van der Waals surface area contributed by atoms with Gasteiger partial charge in [0.1, 0.15) is 0 Å². The first-order valence-electron chi connectivity index (χ1n) is 7.44. The van der Waals surface area contributed by atoms with Crippen LogP contribution in [0.1, 0.15) is 33.7 Å². The Balaban J connectivity index is 1.69. The Hall–Kier alpha value is -2.27. The largest absolute Gasteiger partial charge is 0.464 e. The first-order chi connectivity index (χ1) is 10.8. The fourth-order valence-corrected chi connectivity index (χ4v) is 2.78. The molecule has 0 saturated heterocycles. The molecule has 22 heavy (non-hydrogen) atoms. The minimum absolute atomic E-state index is 0.243. The lowest BCUT2D eigenvalue weighted by atomic mass is 10.0. The molecule has 1 aromatic carbocycles. The number of benzene rings is 1. The maximum absolute atomic E-state index is 11.4. The summed E-state index contributed by atoms with van der Waals surface area (Å²) in [5.41, 5.74) is 3.94. The van der Waals surface area contributed by atoms with E-state index in [0.717, 1.165) is 38.2 Å². The summed E-state index contributed by atoms with van der Waals surface area (Å²) >= 11 is 0. The molecule has 5 nitrogen and oxygen atoms in total. The number of rotatable bonds is 3. The van der Waals surface area contributed by atoms with Gasteiger partial charge in [0.05, 0.1) is 25.2 Å².